The highest BCUT2D eigenvalue weighted by atomic mass is 16.2. The van der Waals surface area contributed by atoms with Gasteiger partial charge < -0.3 is 20.4 Å². The molecule has 0 radical (unpaired) electrons. The van der Waals surface area contributed by atoms with E-state index in [1.54, 1.807) is 18.7 Å². The second kappa shape index (κ2) is 9.78. The van der Waals surface area contributed by atoms with Crippen LogP contribution in [0.5, 0.6) is 0 Å². The van der Waals surface area contributed by atoms with Crippen LogP contribution in [0.15, 0.2) is 0 Å². The Labute approximate surface area is 215 Å². The molecule has 202 valence electrons. The smallest absolute Gasteiger partial charge is 0.291 e. The van der Waals surface area contributed by atoms with Crippen LogP contribution >= 0.6 is 0 Å². The van der Waals surface area contributed by atoms with Crippen LogP contribution in [-0.2, 0) is 24.0 Å². The lowest BCUT2D eigenvalue weighted by Crippen LogP contribution is -2.60. The van der Waals surface area contributed by atoms with E-state index >= 15 is 0 Å². The zero-order valence-corrected chi connectivity index (χ0v) is 23.3. The molecule has 5 atom stereocenters. The highest BCUT2D eigenvalue weighted by molar-refractivity contribution is 6.38. The number of nitrogens with one attached hydrogen (secondary N) is 2. The molecule has 0 bridgehead atoms. The van der Waals surface area contributed by atoms with E-state index in [1.165, 1.54) is 19.0 Å². The number of hydrogen-bond acceptors (Lipinski definition) is 5. The molecule has 1 heterocycles. The molecule has 36 heavy (non-hydrogen) atoms. The maximum atomic E-state index is 13.9. The first-order chi connectivity index (χ1) is 16.5. The molecule has 3 rings (SSSR count). The van der Waals surface area contributed by atoms with Crippen LogP contribution < -0.4 is 10.6 Å². The first-order valence-corrected chi connectivity index (χ1v) is 13.1. The SMILES string of the molecule is CC(C)C(=O)N[C@H](C(=O)N1C[C@H]2[C@@H]([C@H]1C(=O)NC(CC1CC1)C(=O)C(=O)N(C)C)C2(C)C)C(C)(C)C. The summed E-state index contributed by atoms with van der Waals surface area (Å²) in [6.45, 7) is 13.8. The van der Waals surface area contributed by atoms with E-state index in [4.69, 9.17) is 0 Å². The van der Waals surface area contributed by atoms with E-state index < -0.39 is 41.1 Å². The van der Waals surface area contributed by atoms with Gasteiger partial charge in [0, 0.05) is 26.6 Å². The standard InChI is InChI=1S/C27H44N4O5/c1-14(2)22(33)29-21(26(3,4)5)25(36)31-13-16-18(27(16,6)7)19(31)23(34)28-17(12-15-10-11-15)20(32)24(35)30(8)9/h14-19,21H,10-13H2,1-9H3,(H,28,34)(H,29,33)/t16-,17?,18-,19-,21+/m0/s1. The number of likely N-dealkylation sites (tertiary alicyclic amines) is 1. The monoisotopic (exact) mass is 504 g/mol. The van der Waals surface area contributed by atoms with Gasteiger partial charge in [0.25, 0.3) is 5.91 Å². The topological polar surface area (TPSA) is 116 Å². The second-order valence-corrected chi connectivity index (χ2v) is 13.2. The van der Waals surface area contributed by atoms with Crippen molar-refractivity contribution < 1.29 is 24.0 Å². The Morgan fingerprint density at radius 3 is 2.08 bits per heavy atom. The van der Waals surface area contributed by atoms with Crippen molar-refractivity contribution in [2.45, 2.75) is 85.9 Å². The van der Waals surface area contributed by atoms with Crippen LogP contribution in [0.1, 0.15) is 67.7 Å². The van der Waals surface area contributed by atoms with Crippen LogP contribution in [0, 0.1) is 34.5 Å². The van der Waals surface area contributed by atoms with Gasteiger partial charge in [-0.25, -0.2) is 0 Å². The summed E-state index contributed by atoms with van der Waals surface area (Å²) in [6.07, 6.45) is 2.38. The third kappa shape index (κ3) is 5.59. The number of piperidine rings is 1. The van der Waals surface area contributed by atoms with Gasteiger partial charge in [0.15, 0.2) is 0 Å². The Balaban J connectivity index is 1.85. The predicted octanol–water partition coefficient (Wildman–Crippen LogP) is 1.60. The second-order valence-electron chi connectivity index (χ2n) is 13.2. The first kappa shape index (κ1) is 28.1. The molecule has 0 aromatic carbocycles. The highest BCUT2D eigenvalue weighted by Gasteiger charge is 2.70. The van der Waals surface area contributed by atoms with Crippen LogP contribution in [0.4, 0.5) is 0 Å². The average molecular weight is 505 g/mol. The molecule has 0 aromatic rings. The average Bonchev–Trinajstić information content (AvgIpc) is 3.61. The van der Waals surface area contributed by atoms with Crippen molar-refractivity contribution in [3.63, 3.8) is 0 Å². The van der Waals surface area contributed by atoms with Crippen LogP contribution in [-0.4, -0.2) is 78.0 Å². The quantitative estimate of drug-likeness (QED) is 0.463. The van der Waals surface area contributed by atoms with Crippen LogP contribution in [0.2, 0.25) is 0 Å². The lowest BCUT2D eigenvalue weighted by atomic mass is 9.84. The molecule has 0 aromatic heterocycles. The molecule has 2 N–H and O–H groups in total. The summed E-state index contributed by atoms with van der Waals surface area (Å²) in [4.78, 5) is 68.3. The Kier molecular flexibility index (Phi) is 7.64. The van der Waals surface area contributed by atoms with Crippen molar-refractivity contribution in [2.24, 2.45) is 34.5 Å². The Morgan fingerprint density at radius 1 is 1.03 bits per heavy atom. The minimum absolute atomic E-state index is 0.0379. The van der Waals surface area contributed by atoms with Gasteiger partial charge in [0.1, 0.15) is 12.1 Å². The van der Waals surface area contributed by atoms with Crippen LogP contribution in [0.3, 0.4) is 0 Å². The molecule has 3 fully saturated rings. The van der Waals surface area contributed by atoms with Gasteiger partial charge in [0.2, 0.25) is 23.5 Å². The number of likely N-dealkylation sites (N-methyl/N-ethyl adjacent to an activating group) is 1. The minimum Gasteiger partial charge on any atom is -0.344 e. The molecule has 2 saturated carbocycles. The maximum absolute atomic E-state index is 13.9. The van der Waals surface area contributed by atoms with E-state index in [-0.39, 0.29) is 35.0 Å². The Bertz CT molecular complexity index is 931. The molecule has 1 aliphatic heterocycles. The van der Waals surface area contributed by atoms with Crippen molar-refractivity contribution in [1.29, 1.82) is 0 Å². The Hall–Kier alpha value is -2.45. The number of Topliss-reactive ketones (excluding diaryl/α,β-unsaturated/α-hetero) is 1. The number of ketones is 1. The van der Waals surface area contributed by atoms with Gasteiger partial charge in [-0.2, -0.15) is 0 Å². The number of carbonyl (C=O) groups excluding carboxylic acids is 5. The number of nitrogens with zero attached hydrogens (tertiary/aromatic N) is 2. The summed E-state index contributed by atoms with van der Waals surface area (Å²) in [5, 5.41) is 5.76. The molecule has 3 aliphatic rings. The van der Waals surface area contributed by atoms with E-state index in [9.17, 15) is 24.0 Å². The normalized spacial score (nSPS) is 26.1. The molecule has 1 unspecified atom stereocenters. The molecule has 2 aliphatic carbocycles. The number of fused-ring (bicyclic) bond motifs is 1. The molecule has 0 spiro atoms. The van der Waals surface area contributed by atoms with Gasteiger partial charge in [-0.05, 0) is 35.0 Å². The van der Waals surface area contributed by atoms with Gasteiger partial charge >= 0.3 is 0 Å². The Morgan fingerprint density at radius 2 is 1.61 bits per heavy atom. The van der Waals surface area contributed by atoms with Crippen molar-refractivity contribution in [1.82, 2.24) is 20.4 Å². The number of rotatable bonds is 9. The van der Waals surface area contributed by atoms with Gasteiger partial charge in [-0.1, -0.05) is 61.3 Å². The molecular formula is C27H44N4O5. The molecule has 9 nitrogen and oxygen atoms in total. The summed E-state index contributed by atoms with van der Waals surface area (Å²) >= 11 is 0. The van der Waals surface area contributed by atoms with Crippen molar-refractivity contribution in [3.8, 4) is 0 Å². The summed E-state index contributed by atoms with van der Waals surface area (Å²) in [7, 11) is 3.03. The van der Waals surface area contributed by atoms with E-state index in [0.717, 1.165) is 12.8 Å². The third-order valence-electron chi connectivity index (χ3n) is 8.20. The van der Waals surface area contributed by atoms with E-state index in [1.807, 2.05) is 20.8 Å². The first-order valence-electron chi connectivity index (χ1n) is 13.1. The fourth-order valence-electron chi connectivity index (χ4n) is 5.48. The highest BCUT2D eigenvalue weighted by Crippen LogP contribution is 2.65. The van der Waals surface area contributed by atoms with Crippen molar-refractivity contribution >= 4 is 29.4 Å². The molecule has 4 amide bonds. The number of amides is 4. The summed E-state index contributed by atoms with van der Waals surface area (Å²) in [5.41, 5.74) is -0.666. The predicted molar refractivity (Wildman–Crippen MR) is 135 cm³/mol. The molecule has 1 saturated heterocycles. The summed E-state index contributed by atoms with van der Waals surface area (Å²) in [6, 6.07) is -2.44. The lowest BCUT2D eigenvalue weighted by Gasteiger charge is -2.38. The summed E-state index contributed by atoms with van der Waals surface area (Å²) < 4.78 is 0. The third-order valence-corrected chi connectivity index (χ3v) is 8.20. The largest absolute Gasteiger partial charge is 0.344 e. The van der Waals surface area contributed by atoms with Gasteiger partial charge in [-0.3, -0.25) is 24.0 Å². The van der Waals surface area contributed by atoms with E-state index in [2.05, 4.69) is 24.5 Å². The molecular weight excluding hydrogens is 460 g/mol. The van der Waals surface area contributed by atoms with Gasteiger partial charge in [0.05, 0.1) is 6.04 Å². The van der Waals surface area contributed by atoms with Crippen LogP contribution in [0.25, 0.3) is 0 Å². The van der Waals surface area contributed by atoms with E-state index in [0.29, 0.717) is 18.9 Å². The van der Waals surface area contributed by atoms with Gasteiger partial charge in [-0.15, -0.1) is 0 Å². The van der Waals surface area contributed by atoms with Crippen molar-refractivity contribution in [3.05, 3.63) is 0 Å². The lowest BCUT2D eigenvalue weighted by molar-refractivity contribution is -0.148. The fourth-order valence-corrected chi connectivity index (χ4v) is 5.48. The fraction of sp³-hybridized carbons (Fsp3) is 0.815. The zero-order chi connectivity index (χ0) is 27.3. The summed E-state index contributed by atoms with van der Waals surface area (Å²) in [5.74, 6) is -2.00. The molecule has 9 heteroatoms. The number of carbonyl (C=O) groups is 5. The number of hydrogen-bond donors (Lipinski definition) is 2. The maximum Gasteiger partial charge on any atom is 0.291 e. The minimum atomic E-state index is -0.906. The zero-order valence-electron chi connectivity index (χ0n) is 23.3. The van der Waals surface area contributed by atoms with Crippen molar-refractivity contribution in [2.75, 3.05) is 20.6 Å².